The molecule has 2 amide bonds. The molecule has 0 aromatic rings. The maximum Gasteiger partial charge on any atom is 0.328 e. The zero-order chi connectivity index (χ0) is 15.9. The highest BCUT2D eigenvalue weighted by atomic mass is 16.5. The third-order valence-electron chi connectivity index (χ3n) is 4.07. The number of hydrogen-bond donors (Lipinski definition) is 3. The minimum absolute atomic E-state index is 0.0418. The number of aliphatic carboxylic acids is 1. The van der Waals surface area contributed by atoms with Crippen LogP contribution in [0.3, 0.4) is 0 Å². The van der Waals surface area contributed by atoms with Crippen LogP contribution in [0.1, 0.15) is 46.0 Å². The molecule has 0 saturated heterocycles. The summed E-state index contributed by atoms with van der Waals surface area (Å²) in [5.74, 6) is -0.502. The highest BCUT2D eigenvalue weighted by Gasteiger charge is 2.34. The van der Waals surface area contributed by atoms with Gasteiger partial charge in [0.15, 0.2) is 6.04 Å². The van der Waals surface area contributed by atoms with Crippen LogP contribution in [0.15, 0.2) is 0 Å². The molecule has 1 aliphatic carbocycles. The monoisotopic (exact) mass is 300 g/mol. The van der Waals surface area contributed by atoms with Crippen LogP contribution in [-0.2, 0) is 9.53 Å². The predicted molar refractivity (Wildman–Crippen MR) is 80.2 cm³/mol. The van der Waals surface area contributed by atoms with Crippen molar-refractivity contribution in [2.24, 2.45) is 11.3 Å². The maximum absolute atomic E-state index is 11.9. The van der Waals surface area contributed by atoms with Crippen LogP contribution >= 0.6 is 0 Å². The van der Waals surface area contributed by atoms with E-state index in [2.05, 4.69) is 24.5 Å². The summed E-state index contributed by atoms with van der Waals surface area (Å²) in [5.41, 5.74) is 0.172. The van der Waals surface area contributed by atoms with E-state index < -0.39 is 18.0 Å². The Labute approximate surface area is 126 Å². The lowest BCUT2D eigenvalue weighted by atomic mass is 9.78. The van der Waals surface area contributed by atoms with Crippen LogP contribution in [0.4, 0.5) is 4.79 Å². The first-order valence-corrected chi connectivity index (χ1v) is 7.65. The summed E-state index contributed by atoms with van der Waals surface area (Å²) >= 11 is 0. The Morgan fingerprint density at radius 2 is 1.90 bits per heavy atom. The number of rotatable bonds is 8. The topological polar surface area (TPSA) is 87.7 Å². The van der Waals surface area contributed by atoms with Gasteiger partial charge in [-0.05, 0) is 30.6 Å². The van der Waals surface area contributed by atoms with Gasteiger partial charge < -0.3 is 20.5 Å². The fourth-order valence-electron chi connectivity index (χ4n) is 3.26. The highest BCUT2D eigenvalue weighted by Crippen LogP contribution is 2.42. The van der Waals surface area contributed by atoms with E-state index in [1.165, 1.54) is 20.0 Å². The van der Waals surface area contributed by atoms with E-state index in [-0.39, 0.29) is 12.0 Å². The maximum atomic E-state index is 11.9. The number of urea groups is 1. The van der Waals surface area contributed by atoms with E-state index in [9.17, 15) is 9.59 Å². The van der Waals surface area contributed by atoms with Crippen LogP contribution in [0.5, 0.6) is 0 Å². The smallest absolute Gasteiger partial charge is 0.328 e. The van der Waals surface area contributed by atoms with Crippen LogP contribution in [0.2, 0.25) is 0 Å². The Hall–Kier alpha value is -1.30. The number of amides is 2. The van der Waals surface area contributed by atoms with Gasteiger partial charge in [-0.1, -0.05) is 26.7 Å². The van der Waals surface area contributed by atoms with Crippen molar-refractivity contribution in [3.8, 4) is 0 Å². The molecule has 21 heavy (non-hydrogen) atoms. The number of carboxylic acids is 1. The van der Waals surface area contributed by atoms with Gasteiger partial charge in [0.2, 0.25) is 0 Å². The molecule has 1 fully saturated rings. The molecule has 3 N–H and O–H groups in total. The number of hydrogen-bond acceptors (Lipinski definition) is 3. The van der Waals surface area contributed by atoms with Gasteiger partial charge in [-0.3, -0.25) is 0 Å². The predicted octanol–water partition coefficient (Wildman–Crippen LogP) is 1.99. The minimum Gasteiger partial charge on any atom is -0.480 e. The zero-order valence-electron chi connectivity index (χ0n) is 13.3. The minimum atomic E-state index is -1.09. The quantitative estimate of drug-likeness (QED) is 0.639. The molecule has 6 nitrogen and oxygen atoms in total. The Kier molecular flexibility index (Phi) is 6.95. The third-order valence-corrected chi connectivity index (χ3v) is 4.07. The molecule has 0 aromatic carbocycles. The number of nitrogens with one attached hydrogen (secondary N) is 2. The number of carbonyl (C=O) groups excluding carboxylic acids is 1. The van der Waals surface area contributed by atoms with Gasteiger partial charge >= 0.3 is 12.0 Å². The average Bonchev–Trinajstić information content (AvgIpc) is 2.84. The van der Waals surface area contributed by atoms with Crippen molar-refractivity contribution in [1.29, 1.82) is 0 Å². The van der Waals surface area contributed by atoms with Crippen molar-refractivity contribution in [2.45, 2.75) is 52.0 Å². The molecular weight excluding hydrogens is 272 g/mol. The molecule has 0 aromatic heterocycles. The molecule has 1 aliphatic rings. The molecule has 1 rings (SSSR count). The van der Waals surface area contributed by atoms with Crippen molar-refractivity contribution in [1.82, 2.24) is 10.6 Å². The van der Waals surface area contributed by atoms with Crippen molar-refractivity contribution in [2.75, 3.05) is 20.3 Å². The first-order chi connectivity index (χ1) is 9.88. The normalized spacial score (nSPS) is 18.5. The third kappa shape index (κ3) is 5.91. The van der Waals surface area contributed by atoms with Crippen molar-refractivity contribution in [3.63, 3.8) is 0 Å². The second kappa shape index (κ2) is 8.22. The SMILES string of the molecule is COCC(NC(=O)NCC1(CC(C)C)CCCC1)C(=O)O. The van der Waals surface area contributed by atoms with Gasteiger partial charge in [0.25, 0.3) is 0 Å². The fourth-order valence-corrected chi connectivity index (χ4v) is 3.26. The second-order valence-corrected chi connectivity index (χ2v) is 6.48. The molecule has 0 spiro atoms. The Morgan fingerprint density at radius 3 is 2.38 bits per heavy atom. The van der Waals surface area contributed by atoms with Crippen molar-refractivity contribution in [3.05, 3.63) is 0 Å². The van der Waals surface area contributed by atoms with E-state index >= 15 is 0 Å². The average molecular weight is 300 g/mol. The van der Waals surface area contributed by atoms with Crippen LogP contribution in [0, 0.1) is 11.3 Å². The number of carboxylic acid groups (broad SMARTS) is 1. The molecule has 1 atom stereocenters. The van der Waals surface area contributed by atoms with Crippen molar-refractivity contribution < 1.29 is 19.4 Å². The second-order valence-electron chi connectivity index (χ2n) is 6.48. The first kappa shape index (κ1) is 17.8. The summed E-state index contributed by atoms with van der Waals surface area (Å²) in [7, 11) is 1.41. The molecule has 0 bridgehead atoms. The van der Waals surface area contributed by atoms with Crippen LogP contribution in [0.25, 0.3) is 0 Å². The summed E-state index contributed by atoms with van der Waals surface area (Å²) < 4.78 is 4.79. The highest BCUT2D eigenvalue weighted by molar-refractivity contribution is 5.82. The fraction of sp³-hybridized carbons (Fsp3) is 0.867. The Balaban J connectivity index is 2.48. The van der Waals surface area contributed by atoms with Crippen molar-refractivity contribution >= 4 is 12.0 Å². The summed E-state index contributed by atoms with van der Waals surface area (Å²) in [5, 5.41) is 14.3. The largest absolute Gasteiger partial charge is 0.480 e. The van der Waals surface area contributed by atoms with Gasteiger partial charge in [0, 0.05) is 13.7 Å². The van der Waals surface area contributed by atoms with Gasteiger partial charge in [-0.15, -0.1) is 0 Å². The number of carbonyl (C=O) groups is 2. The summed E-state index contributed by atoms with van der Waals surface area (Å²) in [6, 6.07) is -1.45. The first-order valence-electron chi connectivity index (χ1n) is 7.65. The molecule has 1 unspecified atom stereocenters. The Bertz CT molecular complexity index is 352. The molecule has 122 valence electrons. The summed E-state index contributed by atoms with van der Waals surface area (Å²) in [4.78, 5) is 22.8. The van der Waals surface area contributed by atoms with Gasteiger partial charge in [-0.25, -0.2) is 9.59 Å². The lowest BCUT2D eigenvalue weighted by Gasteiger charge is -2.31. The summed E-state index contributed by atoms with van der Waals surface area (Å²) in [6.07, 6.45) is 5.76. The van der Waals surface area contributed by atoms with Gasteiger partial charge in [0.1, 0.15) is 0 Å². The summed E-state index contributed by atoms with van der Waals surface area (Å²) in [6.45, 7) is 4.95. The molecule has 6 heteroatoms. The van der Waals surface area contributed by atoms with E-state index in [1.807, 2.05) is 0 Å². The lowest BCUT2D eigenvalue weighted by Crippen LogP contribution is -2.50. The molecule has 1 saturated carbocycles. The lowest BCUT2D eigenvalue weighted by molar-refractivity contribution is -0.140. The van der Waals surface area contributed by atoms with Gasteiger partial charge in [-0.2, -0.15) is 0 Å². The van der Waals surface area contributed by atoms with E-state index in [0.29, 0.717) is 12.5 Å². The number of ether oxygens (including phenoxy) is 1. The molecule has 0 heterocycles. The molecule has 0 aliphatic heterocycles. The van der Waals surface area contributed by atoms with E-state index in [0.717, 1.165) is 19.3 Å². The molecule has 0 radical (unpaired) electrons. The standard InChI is InChI=1S/C15H28N2O4/c1-11(2)8-15(6-4-5-7-15)10-16-14(20)17-12(9-21-3)13(18)19/h11-12H,4-10H2,1-3H3,(H,18,19)(H2,16,17,20). The zero-order valence-corrected chi connectivity index (χ0v) is 13.3. The van der Waals surface area contributed by atoms with E-state index in [1.54, 1.807) is 0 Å². The van der Waals surface area contributed by atoms with Gasteiger partial charge in [0.05, 0.1) is 6.61 Å². The van der Waals surface area contributed by atoms with Crippen LogP contribution < -0.4 is 10.6 Å². The Morgan fingerprint density at radius 1 is 1.29 bits per heavy atom. The van der Waals surface area contributed by atoms with Crippen LogP contribution in [-0.4, -0.2) is 43.4 Å². The molecular formula is C15H28N2O4. The van der Waals surface area contributed by atoms with E-state index in [4.69, 9.17) is 9.84 Å². The number of methoxy groups -OCH3 is 1.